The average molecular weight is 393 g/mol. The number of rotatable bonds is 6. The number of nitrogens with zero attached hydrogens (tertiary/aromatic N) is 2. The highest BCUT2D eigenvalue weighted by Crippen LogP contribution is 2.23. The summed E-state index contributed by atoms with van der Waals surface area (Å²) in [6, 6.07) is 6.69. The molecular formula is C18H23N3O5S. The Balaban J connectivity index is 1.96. The first-order chi connectivity index (χ1) is 12.8. The van der Waals surface area contributed by atoms with Gasteiger partial charge in [0.15, 0.2) is 6.10 Å². The van der Waals surface area contributed by atoms with Crippen LogP contribution in [0.5, 0.6) is 0 Å². The summed E-state index contributed by atoms with van der Waals surface area (Å²) in [5.41, 5.74) is 5.43. The van der Waals surface area contributed by atoms with Crippen molar-refractivity contribution in [3.8, 4) is 0 Å². The Bertz CT molecular complexity index is 731. The summed E-state index contributed by atoms with van der Waals surface area (Å²) in [6.45, 7) is 4.77. The van der Waals surface area contributed by atoms with Crippen LogP contribution in [0, 0.1) is 0 Å². The van der Waals surface area contributed by atoms with Crippen LogP contribution in [0.3, 0.4) is 0 Å². The van der Waals surface area contributed by atoms with Crippen LogP contribution in [-0.2, 0) is 19.1 Å². The molecule has 1 fully saturated rings. The molecule has 1 aliphatic heterocycles. The van der Waals surface area contributed by atoms with E-state index in [1.54, 1.807) is 34.1 Å². The smallest absolute Gasteiger partial charge is 0.340 e. The molecule has 9 heteroatoms. The van der Waals surface area contributed by atoms with Gasteiger partial charge < -0.3 is 20.3 Å². The number of esters is 1. The molecule has 27 heavy (non-hydrogen) atoms. The number of primary amides is 1. The van der Waals surface area contributed by atoms with Crippen molar-refractivity contribution in [2.75, 3.05) is 31.9 Å². The zero-order valence-corrected chi connectivity index (χ0v) is 16.2. The minimum absolute atomic E-state index is 0.0216. The van der Waals surface area contributed by atoms with E-state index in [0.717, 1.165) is 11.8 Å². The quantitative estimate of drug-likeness (QED) is 0.557. The first-order valence-electron chi connectivity index (χ1n) is 8.55. The maximum atomic E-state index is 12.5. The maximum absolute atomic E-state index is 12.5. The molecule has 8 nitrogen and oxygen atoms in total. The SMILES string of the molecule is CC(=O)N1CCN(C(=O)C(C)OC(=O)c2ccccc2SCC(N)=O)CC1. The summed E-state index contributed by atoms with van der Waals surface area (Å²) < 4.78 is 5.33. The molecule has 0 bridgehead atoms. The van der Waals surface area contributed by atoms with Crippen LogP contribution in [0.15, 0.2) is 29.2 Å². The Labute approximate surface area is 162 Å². The predicted octanol–water partition coefficient (Wildman–Crippen LogP) is 0.500. The summed E-state index contributed by atoms with van der Waals surface area (Å²) in [6.07, 6.45) is -0.949. The number of benzene rings is 1. The molecular weight excluding hydrogens is 370 g/mol. The van der Waals surface area contributed by atoms with Crippen LogP contribution in [-0.4, -0.2) is 71.5 Å². The fraction of sp³-hybridized carbons (Fsp3) is 0.444. The molecule has 0 aromatic heterocycles. The number of ether oxygens (including phenoxy) is 1. The van der Waals surface area contributed by atoms with E-state index in [9.17, 15) is 19.2 Å². The Morgan fingerprint density at radius 1 is 1.11 bits per heavy atom. The number of amides is 3. The molecule has 1 aromatic rings. The molecule has 1 aliphatic rings. The van der Waals surface area contributed by atoms with Crippen LogP contribution in [0.2, 0.25) is 0 Å². The van der Waals surface area contributed by atoms with E-state index in [1.165, 1.54) is 13.8 Å². The number of hydrogen-bond acceptors (Lipinski definition) is 6. The molecule has 1 saturated heterocycles. The molecule has 3 amide bonds. The second kappa shape index (κ2) is 9.40. The lowest BCUT2D eigenvalue weighted by molar-refractivity contribution is -0.144. The highest BCUT2D eigenvalue weighted by atomic mass is 32.2. The highest BCUT2D eigenvalue weighted by Gasteiger charge is 2.28. The minimum atomic E-state index is -0.949. The summed E-state index contributed by atoms with van der Waals surface area (Å²) in [5.74, 6) is -1.40. The third-order valence-corrected chi connectivity index (χ3v) is 5.24. The zero-order valence-electron chi connectivity index (χ0n) is 15.3. The Morgan fingerprint density at radius 3 is 2.30 bits per heavy atom. The van der Waals surface area contributed by atoms with E-state index >= 15 is 0 Å². The van der Waals surface area contributed by atoms with E-state index in [0.29, 0.717) is 31.1 Å². The molecule has 1 heterocycles. The molecule has 1 atom stereocenters. The summed E-state index contributed by atoms with van der Waals surface area (Å²) in [5, 5.41) is 0. The lowest BCUT2D eigenvalue weighted by atomic mass is 10.2. The molecule has 2 rings (SSSR count). The molecule has 1 unspecified atom stereocenters. The Hall–Kier alpha value is -2.55. The lowest BCUT2D eigenvalue weighted by Crippen LogP contribution is -2.52. The summed E-state index contributed by atoms with van der Waals surface area (Å²) >= 11 is 1.14. The third kappa shape index (κ3) is 5.72. The van der Waals surface area contributed by atoms with Gasteiger partial charge in [0.05, 0.1) is 11.3 Å². The molecule has 0 saturated carbocycles. The van der Waals surface area contributed by atoms with Gasteiger partial charge >= 0.3 is 5.97 Å². The molecule has 0 aliphatic carbocycles. The topological polar surface area (TPSA) is 110 Å². The maximum Gasteiger partial charge on any atom is 0.340 e. The number of nitrogens with two attached hydrogens (primary N) is 1. The van der Waals surface area contributed by atoms with Gasteiger partial charge in [-0.3, -0.25) is 14.4 Å². The highest BCUT2D eigenvalue weighted by molar-refractivity contribution is 8.00. The van der Waals surface area contributed by atoms with Crippen molar-refractivity contribution in [2.24, 2.45) is 5.73 Å². The van der Waals surface area contributed by atoms with E-state index in [1.807, 2.05) is 0 Å². The van der Waals surface area contributed by atoms with Crippen molar-refractivity contribution in [1.82, 2.24) is 9.80 Å². The second-order valence-electron chi connectivity index (χ2n) is 6.13. The van der Waals surface area contributed by atoms with Gasteiger partial charge in [-0.2, -0.15) is 0 Å². The van der Waals surface area contributed by atoms with E-state index in [4.69, 9.17) is 10.5 Å². The monoisotopic (exact) mass is 393 g/mol. The van der Waals surface area contributed by atoms with Crippen molar-refractivity contribution in [3.63, 3.8) is 0 Å². The van der Waals surface area contributed by atoms with Crippen LogP contribution in [0.25, 0.3) is 0 Å². The number of carbonyl (C=O) groups is 4. The molecule has 0 spiro atoms. The lowest BCUT2D eigenvalue weighted by Gasteiger charge is -2.35. The van der Waals surface area contributed by atoms with Crippen LogP contribution < -0.4 is 5.73 Å². The van der Waals surface area contributed by atoms with E-state index in [-0.39, 0.29) is 23.1 Å². The van der Waals surface area contributed by atoms with Crippen LogP contribution in [0.1, 0.15) is 24.2 Å². The van der Waals surface area contributed by atoms with Gasteiger partial charge in [-0.15, -0.1) is 11.8 Å². The number of piperazine rings is 1. The van der Waals surface area contributed by atoms with E-state index < -0.39 is 18.0 Å². The number of thioether (sulfide) groups is 1. The average Bonchev–Trinajstić information content (AvgIpc) is 2.65. The van der Waals surface area contributed by atoms with Crippen molar-refractivity contribution in [2.45, 2.75) is 24.8 Å². The fourth-order valence-corrected chi connectivity index (χ4v) is 3.46. The number of carbonyl (C=O) groups excluding carboxylic acids is 4. The minimum Gasteiger partial charge on any atom is -0.449 e. The molecule has 2 N–H and O–H groups in total. The first kappa shape index (κ1) is 20.8. The van der Waals surface area contributed by atoms with Gasteiger partial charge in [0, 0.05) is 38.0 Å². The van der Waals surface area contributed by atoms with E-state index in [2.05, 4.69) is 0 Å². The van der Waals surface area contributed by atoms with Crippen molar-refractivity contribution in [1.29, 1.82) is 0 Å². The van der Waals surface area contributed by atoms with Gasteiger partial charge in [0.2, 0.25) is 11.8 Å². The summed E-state index contributed by atoms with van der Waals surface area (Å²) in [7, 11) is 0. The largest absolute Gasteiger partial charge is 0.449 e. The molecule has 146 valence electrons. The van der Waals surface area contributed by atoms with Gasteiger partial charge in [-0.05, 0) is 19.1 Å². The fourth-order valence-electron chi connectivity index (χ4n) is 2.68. The van der Waals surface area contributed by atoms with Crippen LogP contribution >= 0.6 is 11.8 Å². The zero-order chi connectivity index (χ0) is 20.0. The van der Waals surface area contributed by atoms with Crippen molar-refractivity contribution < 1.29 is 23.9 Å². The molecule has 1 aromatic carbocycles. The first-order valence-corrected chi connectivity index (χ1v) is 9.53. The van der Waals surface area contributed by atoms with Crippen molar-refractivity contribution >= 4 is 35.5 Å². The third-order valence-electron chi connectivity index (χ3n) is 4.15. The van der Waals surface area contributed by atoms with Gasteiger partial charge in [0.25, 0.3) is 5.91 Å². The normalized spacial score (nSPS) is 15.2. The summed E-state index contributed by atoms with van der Waals surface area (Å²) in [4.78, 5) is 51.2. The number of hydrogen-bond donors (Lipinski definition) is 1. The molecule has 0 radical (unpaired) electrons. The van der Waals surface area contributed by atoms with Gasteiger partial charge in [-0.1, -0.05) is 12.1 Å². The predicted molar refractivity (Wildman–Crippen MR) is 100 cm³/mol. The standard InChI is InChI=1S/C18H23N3O5S/c1-12(17(24)21-9-7-20(8-10-21)13(2)22)26-18(25)14-5-3-4-6-15(14)27-11-16(19)23/h3-6,12H,7-11H2,1-2H3,(H2,19,23). The van der Waals surface area contributed by atoms with Crippen LogP contribution in [0.4, 0.5) is 0 Å². The van der Waals surface area contributed by atoms with Crippen molar-refractivity contribution in [3.05, 3.63) is 29.8 Å². The Kier molecular flexibility index (Phi) is 7.23. The van der Waals surface area contributed by atoms with Gasteiger partial charge in [-0.25, -0.2) is 4.79 Å². The second-order valence-corrected chi connectivity index (χ2v) is 7.15. The Morgan fingerprint density at radius 2 is 1.70 bits per heavy atom. The van der Waals surface area contributed by atoms with Gasteiger partial charge in [0.1, 0.15) is 0 Å².